The molecule has 1 fully saturated rings. The first-order valence-corrected chi connectivity index (χ1v) is 12.3. The number of rotatable bonds is 16. The fraction of sp³-hybridized carbons (Fsp3) is 0.630. The monoisotopic (exact) mass is 473 g/mol. The van der Waals surface area contributed by atoms with Crippen molar-refractivity contribution in [1.29, 1.82) is 0 Å². The number of hydrogen-bond acceptors (Lipinski definition) is 6. The summed E-state index contributed by atoms with van der Waals surface area (Å²) in [5.41, 5.74) is 2.29. The van der Waals surface area contributed by atoms with Gasteiger partial charge in [-0.25, -0.2) is 0 Å². The number of ether oxygens (including phenoxy) is 2. The van der Waals surface area contributed by atoms with Crippen LogP contribution in [0.4, 0.5) is 0 Å². The largest absolute Gasteiger partial charge is 0.379 e. The molecular weight excluding hydrogens is 434 g/mol. The fourth-order valence-electron chi connectivity index (χ4n) is 3.83. The number of carbonyl (C=O) groups excluding carboxylic acids is 4. The molecule has 0 bridgehead atoms. The van der Waals surface area contributed by atoms with Crippen LogP contribution in [-0.4, -0.2) is 61.3 Å². The minimum absolute atomic E-state index is 0.0185. The molecule has 0 N–H and O–H groups in total. The molecule has 0 spiro atoms. The van der Waals surface area contributed by atoms with E-state index in [1.165, 1.54) is 10.5 Å². The molecule has 1 heterocycles. The predicted molar refractivity (Wildman–Crippen MR) is 129 cm³/mol. The molecule has 2 rings (SSSR count). The number of ketones is 2. The first kappa shape index (κ1) is 27.9. The molecule has 0 radical (unpaired) electrons. The molecule has 2 amide bonds. The van der Waals surface area contributed by atoms with E-state index in [2.05, 4.69) is 26.0 Å². The summed E-state index contributed by atoms with van der Waals surface area (Å²) in [6, 6.07) is 8.17. The minimum atomic E-state index is -0.307. The molecule has 34 heavy (non-hydrogen) atoms. The summed E-state index contributed by atoms with van der Waals surface area (Å²) < 4.78 is 10.9. The van der Waals surface area contributed by atoms with Crippen molar-refractivity contribution in [1.82, 2.24) is 4.90 Å². The SMILES string of the molecule is CC(C)c1ccc(CC(=O)CCOCCOCCCC(=O)CCN2C(=O)C(C)C(C)C2=O)cc1. The number of Topliss-reactive ketones (excluding diaryl/α,β-unsaturated/α-hetero) is 2. The minimum Gasteiger partial charge on any atom is -0.379 e. The Morgan fingerprint density at radius 2 is 1.41 bits per heavy atom. The molecule has 1 aromatic carbocycles. The van der Waals surface area contributed by atoms with E-state index in [1.54, 1.807) is 13.8 Å². The Labute approximate surface area is 203 Å². The van der Waals surface area contributed by atoms with E-state index in [-0.39, 0.29) is 48.2 Å². The van der Waals surface area contributed by atoms with Crippen LogP contribution < -0.4 is 0 Å². The van der Waals surface area contributed by atoms with Gasteiger partial charge in [0.25, 0.3) is 0 Å². The van der Waals surface area contributed by atoms with Crippen molar-refractivity contribution >= 4 is 23.4 Å². The molecule has 7 heteroatoms. The Balaban J connectivity index is 1.45. The maximum absolute atomic E-state index is 12.1. The zero-order valence-corrected chi connectivity index (χ0v) is 21.0. The molecule has 2 atom stereocenters. The zero-order valence-electron chi connectivity index (χ0n) is 21.0. The Kier molecular flexibility index (Phi) is 11.6. The lowest BCUT2D eigenvalue weighted by Gasteiger charge is -2.13. The lowest BCUT2D eigenvalue weighted by atomic mass is 10.00. The van der Waals surface area contributed by atoms with Crippen LogP contribution in [0.2, 0.25) is 0 Å². The smallest absolute Gasteiger partial charge is 0.232 e. The van der Waals surface area contributed by atoms with Crippen molar-refractivity contribution in [2.24, 2.45) is 11.8 Å². The fourth-order valence-corrected chi connectivity index (χ4v) is 3.83. The molecule has 0 aliphatic carbocycles. The van der Waals surface area contributed by atoms with E-state index >= 15 is 0 Å². The highest BCUT2D eigenvalue weighted by atomic mass is 16.5. The van der Waals surface area contributed by atoms with E-state index in [1.807, 2.05) is 12.1 Å². The van der Waals surface area contributed by atoms with Crippen molar-refractivity contribution in [2.75, 3.05) is 33.0 Å². The van der Waals surface area contributed by atoms with Gasteiger partial charge in [0.05, 0.1) is 19.8 Å². The molecule has 1 aliphatic heterocycles. The van der Waals surface area contributed by atoms with Gasteiger partial charge in [-0.05, 0) is 23.5 Å². The van der Waals surface area contributed by atoms with Gasteiger partial charge >= 0.3 is 0 Å². The Hall–Kier alpha value is -2.38. The second-order valence-electron chi connectivity index (χ2n) is 9.38. The third kappa shape index (κ3) is 8.76. The summed E-state index contributed by atoms with van der Waals surface area (Å²) in [6.07, 6.45) is 1.93. The number of likely N-dealkylation sites (tertiary alicyclic amines) is 1. The predicted octanol–water partition coefficient (Wildman–Crippen LogP) is 3.73. The van der Waals surface area contributed by atoms with E-state index in [9.17, 15) is 19.2 Å². The van der Waals surface area contributed by atoms with Gasteiger partial charge in [-0.2, -0.15) is 0 Å². The number of carbonyl (C=O) groups is 4. The standard InChI is InChI=1S/C27H39NO6/c1-19(2)23-9-7-22(8-10-23)18-25(30)12-15-34-17-16-33-14-5-6-24(29)11-13-28-26(31)20(3)21(4)27(28)32/h7-10,19-21H,5-6,11-18H2,1-4H3. The van der Waals surface area contributed by atoms with Crippen LogP contribution in [0.1, 0.15) is 70.4 Å². The summed E-state index contributed by atoms with van der Waals surface area (Å²) in [6.45, 7) is 9.58. The lowest BCUT2D eigenvalue weighted by molar-refractivity contribution is -0.140. The average molecular weight is 474 g/mol. The first-order chi connectivity index (χ1) is 16.2. The highest BCUT2D eigenvalue weighted by molar-refractivity contribution is 6.04. The zero-order chi connectivity index (χ0) is 25.1. The first-order valence-electron chi connectivity index (χ1n) is 12.3. The molecule has 1 aromatic rings. The number of nitrogens with zero attached hydrogens (tertiary/aromatic N) is 1. The van der Waals surface area contributed by atoms with Gasteiger partial charge in [-0.1, -0.05) is 52.0 Å². The van der Waals surface area contributed by atoms with Gasteiger partial charge < -0.3 is 9.47 Å². The average Bonchev–Trinajstić information content (AvgIpc) is 2.99. The van der Waals surface area contributed by atoms with Crippen LogP contribution in [0.25, 0.3) is 0 Å². The second-order valence-corrected chi connectivity index (χ2v) is 9.38. The van der Waals surface area contributed by atoms with Gasteiger partial charge in [-0.15, -0.1) is 0 Å². The molecule has 0 aromatic heterocycles. The maximum Gasteiger partial charge on any atom is 0.232 e. The Morgan fingerprint density at radius 1 is 0.824 bits per heavy atom. The van der Waals surface area contributed by atoms with Gasteiger partial charge in [0, 0.05) is 50.7 Å². The summed E-state index contributed by atoms with van der Waals surface area (Å²) in [4.78, 5) is 49.4. The number of hydrogen-bond donors (Lipinski definition) is 0. The Morgan fingerprint density at radius 3 is 2.00 bits per heavy atom. The number of benzene rings is 1. The summed E-state index contributed by atoms with van der Waals surface area (Å²) in [5.74, 6) is -0.335. The van der Waals surface area contributed by atoms with E-state index in [0.29, 0.717) is 58.0 Å². The topological polar surface area (TPSA) is 90.0 Å². The van der Waals surface area contributed by atoms with Crippen LogP contribution in [0.5, 0.6) is 0 Å². The highest BCUT2D eigenvalue weighted by Gasteiger charge is 2.41. The van der Waals surface area contributed by atoms with Gasteiger partial charge in [-0.3, -0.25) is 24.1 Å². The normalized spacial score (nSPS) is 18.2. The van der Waals surface area contributed by atoms with Crippen molar-refractivity contribution in [3.63, 3.8) is 0 Å². The van der Waals surface area contributed by atoms with Crippen molar-refractivity contribution in [3.05, 3.63) is 35.4 Å². The van der Waals surface area contributed by atoms with Crippen molar-refractivity contribution in [2.45, 2.75) is 65.7 Å². The highest BCUT2D eigenvalue weighted by Crippen LogP contribution is 2.25. The molecule has 188 valence electrons. The number of imide groups is 1. The van der Waals surface area contributed by atoms with Crippen LogP contribution >= 0.6 is 0 Å². The molecule has 7 nitrogen and oxygen atoms in total. The quantitative estimate of drug-likeness (QED) is 0.268. The van der Waals surface area contributed by atoms with Crippen LogP contribution in [-0.2, 0) is 35.1 Å². The third-order valence-corrected chi connectivity index (χ3v) is 6.36. The lowest BCUT2D eigenvalue weighted by Crippen LogP contribution is -2.32. The molecule has 1 aliphatic rings. The summed E-state index contributed by atoms with van der Waals surface area (Å²) >= 11 is 0. The number of amides is 2. The molecule has 1 saturated heterocycles. The molecular formula is C27H39NO6. The van der Waals surface area contributed by atoms with E-state index in [4.69, 9.17) is 9.47 Å². The third-order valence-electron chi connectivity index (χ3n) is 6.36. The van der Waals surface area contributed by atoms with Gasteiger partial charge in [0.15, 0.2) is 0 Å². The van der Waals surface area contributed by atoms with Gasteiger partial charge in [0.2, 0.25) is 11.8 Å². The van der Waals surface area contributed by atoms with E-state index in [0.717, 1.165) is 5.56 Å². The van der Waals surface area contributed by atoms with Gasteiger partial charge in [0.1, 0.15) is 11.6 Å². The second kappa shape index (κ2) is 14.1. The van der Waals surface area contributed by atoms with Crippen LogP contribution in [0, 0.1) is 11.8 Å². The van der Waals surface area contributed by atoms with Crippen LogP contribution in [0.3, 0.4) is 0 Å². The Bertz CT molecular complexity index is 812. The summed E-state index contributed by atoms with van der Waals surface area (Å²) in [7, 11) is 0. The van der Waals surface area contributed by atoms with Crippen molar-refractivity contribution < 1.29 is 28.7 Å². The van der Waals surface area contributed by atoms with Crippen molar-refractivity contribution in [3.8, 4) is 0 Å². The maximum atomic E-state index is 12.1. The summed E-state index contributed by atoms with van der Waals surface area (Å²) in [5, 5.41) is 0. The van der Waals surface area contributed by atoms with Crippen LogP contribution in [0.15, 0.2) is 24.3 Å². The molecule has 0 saturated carbocycles. The molecule has 2 unspecified atom stereocenters. The van der Waals surface area contributed by atoms with E-state index < -0.39 is 0 Å².